The minimum atomic E-state index is -0.580. The number of nitrogens with one attached hydrogen (secondary N) is 1. The van der Waals surface area contributed by atoms with E-state index in [9.17, 15) is 9.18 Å². The zero-order valence-electron chi connectivity index (χ0n) is 13.8. The summed E-state index contributed by atoms with van der Waals surface area (Å²) in [7, 11) is 1.29. The molecule has 6 heteroatoms. The molecular weight excluding hydrogens is 377 g/mol. The van der Waals surface area contributed by atoms with Crippen molar-refractivity contribution in [3.63, 3.8) is 0 Å². The SMILES string of the molecule is CCc1cc(F)c(OCc2c(Br)cccc2NC(=O)OC)cc1C. The molecule has 0 aliphatic rings. The smallest absolute Gasteiger partial charge is 0.411 e. The van der Waals surface area contributed by atoms with Gasteiger partial charge in [-0.25, -0.2) is 9.18 Å². The third-order valence-electron chi connectivity index (χ3n) is 3.68. The summed E-state index contributed by atoms with van der Waals surface area (Å²) in [6.45, 7) is 4.00. The lowest BCUT2D eigenvalue weighted by atomic mass is 10.1. The van der Waals surface area contributed by atoms with Gasteiger partial charge in [-0.1, -0.05) is 28.9 Å². The average Bonchev–Trinajstić information content (AvgIpc) is 2.56. The predicted octanol–water partition coefficient (Wildman–Crippen LogP) is 5.22. The molecule has 4 nitrogen and oxygen atoms in total. The molecule has 0 aliphatic carbocycles. The Hall–Kier alpha value is -2.08. The molecule has 0 fully saturated rings. The monoisotopic (exact) mass is 395 g/mol. The first-order chi connectivity index (χ1) is 11.5. The molecule has 24 heavy (non-hydrogen) atoms. The Morgan fingerprint density at radius 1 is 1.33 bits per heavy atom. The van der Waals surface area contributed by atoms with Crippen LogP contribution in [-0.4, -0.2) is 13.2 Å². The quantitative estimate of drug-likeness (QED) is 0.754. The third kappa shape index (κ3) is 4.26. The largest absolute Gasteiger partial charge is 0.486 e. The van der Waals surface area contributed by atoms with E-state index >= 15 is 0 Å². The van der Waals surface area contributed by atoms with Crippen LogP contribution in [-0.2, 0) is 17.8 Å². The Balaban J connectivity index is 2.23. The zero-order valence-corrected chi connectivity index (χ0v) is 15.4. The van der Waals surface area contributed by atoms with Gasteiger partial charge in [0, 0.05) is 10.0 Å². The van der Waals surface area contributed by atoms with E-state index in [0.29, 0.717) is 11.3 Å². The maximum Gasteiger partial charge on any atom is 0.411 e. The first-order valence-electron chi connectivity index (χ1n) is 7.50. The van der Waals surface area contributed by atoms with Crippen molar-refractivity contribution >= 4 is 27.7 Å². The van der Waals surface area contributed by atoms with Crippen LogP contribution in [0.15, 0.2) is 34.8 Å². The Morgan fingerprint density at radius 3 is 2.75 bits per heavy atom. The number of hydrogen-bond donors (Lipinski definition) is 1. The first kappa shape index (κ1) is 18.3. The average molecular weight is 396 g/mol. The second-order valence-corrected chi connectivity index (χ2v) is 6.09. The number of rotatable bonds is 5. The third-order valence-corrected chi connectivity index (χ3v) is 4.43. The fourth-order valence-corrected chi connectivity index (χ4v) is 2.80. The van der Waals surface area contributed by atoms with E-state index in [1.165, 1.54) is 13.2 Å². The molecule has 0 unspecified atom stereocenters. The summed E-state index contributed by atoms with van der Waals surface area (Å²) in [5.74, 6) is -0.212. The molecular formula is C18H19BrFNO3. The molecule has 128 valence electrons. The molecule has 0 saturated heterocycles. The van der Waals surface area contributed by atoms with Gasteiger partial charge < -0.3 is 9.47 Å². The van der Waals surface area contributed by atoms with E-state index in [1.807, 2.05) is 19.9 Å². The number of aryl methyl sites for hydroxylation is 2. The number of amides is 1. The number of methoxy groups -OCH3 is 1. The van der Waals surface area contributed by atoms with Gasteiger partial charge in [0.05, 0.1) is 12.8 Å². The van der Waals surface area contributed by atoms with Gasteiger partial charge in [0.15, 0.2) is 11.6 Å². The van der Waals surface area contributed by atoms with Crippen LogP contribution in [0, 0.1) is 12.7 Å². The van der Waals surface area contributed by atoms with Gasteiger partial charge in [-0.3, -0.25) is 5.32 Å². The van der Waals surface area contributed by atoms with Crippen LogP contribution in [0.2, 0.25) is 0 Å². The van der Waals surface area contributed by atoms with E-state index in [2.05, 4.69) is 26.0 Å². The lowest BCUT2D eigenvalue weighted by Gasteiger charge is -2.15. The van der Waals surface area contributed by atoms with E-state index in [4.69, 9.17) is 4.74 Å². The van der Waals surface area contributed by atoms with Crippen molar-refractivity contribution in [1.29, 1.82) is 0 Å². The summed E-state index contributed by atoms with van der Waals surface area (Å²) in [6.07, 6.45) is 0.184. The maximum atomic E-state index is 14.2. The van der Waals surface area contributed by atoms with Gasteiger partial charge in [-0.2, -0.15) is 0 Å². The van der Waals surface area contributed by atoms with Gasteiger partial charge in [-0.15, -0.1) is 0 Å². The van der Waals surface area contributed by atoms with E-state index < -0.39 is 11.9 Å². The molecule has 0 heterocycles. The lowest BCUT2D eigenvalue weighted by Crippen LogP contribution is -2.13. The van der Waals surface area contributed by atoms with Crippen molar-refractivity contribution in [2.45, 2.75) is 26.9 Å². The standard InChI is InChI=1S/C18H19BrFNO3/c1-4-12-9-15(20)17(8-11(12)2)24-10-13-14(19)6-5-7-16(13)21-18(22)23-3/h5-9H,4,10H2,1-3H3,(H,21,22). The summed E-state index contributed by atoms with van der Waals surface area (Å²) in [4.78, 5) is 11.4. The van der Waals surface area contributed by atoms with Crippen molar-refractivity contribution in [2.75, 3.05) is 12.4 Å². The predicted molar refractivity (Wildman–Crippen MR) is 95.0 cm³/mol. The topological polar surface area (TPSA) is 47.6 Å². The number of ether oxygens (including phenoxy) is 2. The molecule has 0 radical (unpaired) electrons. The normalized spacial score (nSPS) is 10.4. The van der Waals surface area contributed by atoms with E-state index in [-0.39, 0.29) is 12.4 Å². The number of hydrogen-bond acceptors (Lipinski definition) is 3. The molecule has 0 saturated carbocycles. The van der Waals surface area contributed by atoms with Gasteiger partial charge in [0.2, 0.25) is 0 Å². The number of benzene rings is 2. The maximum absolute atomic E-state index is 14.2. The Labute approximate surface area is 149 Å². The number of carbonyl (C=O) groups is 1. The molecule has 2 aromatic carbocycles. The van der Waals surface area contributed by atoms with Crippen molar-refractivity contribution in [3.8, 4) is 5.75 Å². The van der Waals surface area contributed by atoms with Crippen molar-refractivity contribution < 1.29 is 18.7 Å². The Kier molecular flexibility index (Phi) is 6.20. The lowest BCUT2D eigenvalue weighted by molar-refractivity contribution is 0.187. The van der Waals surface area contributed by atoms with Crippen LogP contribution in [0.3, 0.4) is 0 Å². The summed E-state index contributed by atoms with van der Waals surface area (Å²) in [5, 5.41) is 2.62. The van der Waals surface area contributed by atoms with Crippen LogP contribution in [0.4, 0.5) is 14.9 Å². The van der Waals surface area contributed by atoms with Crippen molar-refractivity contribution in [2.24, 2.45) is 0 Å². The molecule has 0 aromatic heterocycles. The van der Waals surface area contributed by atoms with Gasteiger partial charge in [0.1, 0.15) is 6.61 Å². The second kappa shape index (κ2) is 8.15. The highest BCUT2D eigenvalue weighted by Crippen LogP contribution is 2.28. The molecule has 2 rings (SSSR count). The van der Waals surface area contributed by atoms with Crippen molar-refractivity contribution in [3.05, 3.63) is 57.3 Å². The Morgan fingerprint density at radius 2 is 2.08 bits per heavy atom. The zero-order chi connectivity index (χ0) is 17.7. The second-order valence-electron chi connectivity index (χ2n) is 5.23. The summed E-state index contributed by atoms with van der Waals surface area (Å²) in [6, 6.07) is 8.52. The van der Waals surface area contributed by atoms with E-state index in [0.717, 1.165) is 22.0 Å². The van der Waals surface area contributed by atoms with Gasteiger partial charge >= 0.3 is 6.09 Å². The summed E-state index contributed by atoms with van der Waals surface area (Å²) < 4.78 is 25.2. The molecule has 1 N–H and O–H groups in total. The number of carbonyl (C=O) groups excluding carboxylic acids is 1. The van der Waals surface area contributed by atoms with Gasteiger partial charge in [0.25, 0.3) is 0 Å². The summed E-state index contributed by atoms with van der Waals surface area (Å²) >= 11 is 3.42. The van der Waals surface area contributed by atoms with Crippen LogP contribution in [0.5, 0.6) is 5.75 Å². The summed E-state index contributed by atoms with van der Waals surface area (Å²) in [5.41, 5.74) is 3.17. The Bertz CT molecular complexity index is 749. The number of anilines is 1. The van der Waals surface area contributed by atoms with Crippen LogP contribution in [0.25, 0.3) is 0 Å². The van der Waals surface area contributed by atoms with Crippen molar-refractivity contribution in [1.82, 2.24) is 0 Å². The van der Waals surface area contributed by atoms with Crippen LogP contribution in [0.1, 0.15) is 23.6 Å². The van der Waals surface area contributed by atoms with E-state index in [1.54, 1.807) is 18.2 Å². The molecule has 2 aromatic rings. The first-order valence-corrected chi connectivity index (χ1v) is 8.29. The molecule has 0 bridgehead atoms. The minimum Gasteiger partial charge on any atom is -0.486 e. The minimum absolute atomic E-state index is 0.0998. The number of halogens is 2. The highest BCUT2D eigenvalue weighted by Gasteiger charge is 2.13. The van der Waals surface area contributed by atoms with Crippen LogP contribution < -0.4 is 10.1 Å². The highest BCUT2D eigenvalue weighted by atomic mass is 79.9. The molecule has 0 spiro atoms. The molecule has 0 aliphatic heterocycles. The highest BCUT2D eigenvalue weighted by molar-refractivity contribution is 9.10. The van der Waals surface area contributed by atoms with Crippen LogP contribution >= 0.6 is 15.9 Å². The molecule has 0 atom stereocenters. The fourth-order valence-electron chi connectivity index (χ4n) is 2.32. The fraction of sp³-hybridized carbons (Fsp3) is 0.278. The molecule has 1 amide bonds. The van der Waals surface area contributed by atoms with Gasteiger partial charge in [-0.05, 0) is 48.7 Å².